The summed E-state index contributed by atoms with van der Waals surface area (Å²) in [5.41, 5.74) is 1.71. The molecule has 0 saturated heterocycles. The van der Waals surface area contributed by atoms with Crippen LogP contribution in [0.15, 0.2) is 35.1 Å². The number of aliphatic hydroxyl groups excluding tert-OH is 3. The molecule has 0 fully saturated rings. The van der Waals surface area contributed by atoms with E-state index in [4.69, 9.17) is 29.9 Å². The van der Waals surface area contributed by atoms with E-state index in [1.165, 1.54) is 12.1 Å². The van der Waals surface area contributed by atoms with E-state index in [9.17, 15) is 29.4 Å². The Morgan fingerprint density at radius 2 is 1.77 bits per heavy atom. The number of H-pyrrole nitrogens is 1. The first-order chi connectivity index (χ1) is 20.6. The number of aryl methyl sites for hydroxylation is 1. The van der Waals surface area contributed by atoms with Crippen LogP contribution < -0.4 is 25.8 Å². The van der Waals surface area contributed by atoms with Gasteiger partial charge in [-0.3, -0.25) is 9.36 Å². The van der Waals surface area contributed by atoms with E-state index in [0.29, 0.717) is 34.8 Å². The van der Waals surface area contributed by atoms with Gasteiger partial charge in [-0.2, -0.15) is 0 Å². The van der Waals surface area contributed by atoms with Crippen molar-refractivity contribution < 1.29 is 54.5 Å². The second-order valence-corrected chi connectivity index (χ2v) is 10.6. The zero-order chi connectivity index (χ0) is 32.8. The van der Waals surface area contributed by atoms with Crippen molar-refractivity contribution in [3.63, 3.8) is 0 Å². The predicted octanol–water partition coefficient (Wildman–Crippen LogP) is 0.134. The van der Waals surface area contributed by atoms with Crippen molar-refractivity contribution in [2.45, 2.75) is 57.1 Å². The van der Waals surface area contributed by atoms with Crippen molar-refractivity contribution in [1.29, 1.82) is 0 Å². The van der Waals surface area contributed by atoms with Crippen LogP contribution in [-0.4, -0.2) is 96.0 Å². The second kappa shape index (κ2) is 14.2. The van der Waals surface area contributed by atoms with Crippen molar-refractivity contribution in [2.75, 3.05) is 25.6 Å². The summed E-state index contributed by atoms with van der Waals surface area (Å²) in [6, 6.07) is 8.38. The molecule has 1 amide bonds. The SMILES string of the molecule is COc1cccc2c1[nH]c(=O)n2CCCC(C)(C)NC[C@H](O)c1cc(O)cc2c1OCC(=O)N2.O=C(O)C(O)C(O)C(=O)O. The van der Waals surface area contributed by atoms with Gasteiger partial charge >= 0.3 is 17.6 Å². The number of ether oxygens (including phenoxy) is 2. The number of aromatic amines is 1. The van der Waals surface area contributed by atoms with Gasteiger partial charge in [0.25, 0.3) is 5.91 Å². The van der Waals surface area contributed by atoms with Crippen molar-refractivity contribution in [2.24, 2.45) is 0 Å². The number of phenols is 1. The number of para-hydroxylation sites is 1. The Kier molecular flexibility index (Phi) is 10.9. The van der Waals surface area contributed by atoms with Gasteiger partial charge in [-0.1, -0.05) is 6.07 Å². The number of amides is 1. The molecule has 0 aliphatic carbocycles. The van der Waals surface area contributed by atoms with Gasteiger partial charge in [0.05, 0.1) is 24.4 Å². The Balaban J connectivity index is 0.000000456. The van der Waals surface area contributed by atoms with Gasteiger partial charge in [0.1, 0.15) is 22.8 Å². The Morgan fingerprint density at radius 1 is 1.11 bits per heavy atom. The number of anilines is 1. The molecular weight excluding hydrogens is 584 g/mol. The number of carboxylic acid groups (broad SMARTS) is 2. The maximum atomic E-state index is 12.4. The van der Waals surface area contributed by atoms with E-state index in [1.54, 1.807) is 11.7 Å². The van der Waals surface area contributed by atoms with Crippen LogP contribution >= 0.6 is 0 Å². The van der Waals surface area contributed by atoms with Crippen molar-refractivity contribution in [3.8, 4) is 17.2 Å². The number of aromatic hydroxyl groups is 1. The second-order valence-electron chi connectivity index (χ2n) is 10.6. The molecule has 1 aromatic heterocycles. The summed E-state index contributed by atoms with van der Waals surface area (Å²) in [5.74, 6) is -2.94. The molecule has 9 N–H and O–H groups in total. The molecular formula is C28H36N4O12. The molecule has 0 spiro atoms. The van der Waals surface area contributed by atoms with Crippen LogP contribution in [0, 0.1) is 0 Å². The molecule has 240 valence electrons. The molecule has 4 rings (SSSR count). The average Bonchev–Trinajstić information content (AvgIpc) is 3.29. The van der Waals surface area contributed by atoms with Crippen LogP contribution in [0.5, 0.6) is 17.2 Å². The number of β-amino-alcohol motifs (C(OH)–C–C–N with tert-alkyl or cyclic N) is 1. The highest BCUT2D eigenvalue weighted by Gasteiger charge is 2.29. The molecule has 44 heavy (non-hydrogen) atoms. The van der Waals surface area contributed by atoms with Crippen LogP contribution in [0.3, 0.4) is 0 Å². The smallest absolute Gasteiger partial charge is 0.335 e. The standard InChI is InChI=1S/C24H30N4O6.C4H6O6/c1-24(2,8-5-9-28-17-6-4-7-19(33-3)21(17)27-23(28)32)25-12-18(30)15-10-14(29)11-16-22(15)34-13-20(31)26-16;5-1(3(7)8)2(6)4(9)10/h4,6-7,10-11,18,25,29-30H,5,8-9,12-13H2,1-3H3,(H,26,31)(H,27,32);1-2,5-6H,(H,7,8)(H,9,10)/t18-;/m0./s1. The van der Waals surface area contributed by atoms with Gasteiger partial charge in [-0.15, -0.1) is 0 Å². The fourth-order valence-corrected chi connectivity index (χ4v) is 4.53. The van der Waals surface area contributed by atoms with Crippen molar-refractivity contribution in [3.05, 3.63) is 46.4 Å². The van der Waals surface area contributed by atoms with E-state index in [-0.39, 0.29) is 36.0 Å². The lowest BCUT2D eigenvalue weighted by molar-refractivity contribution is -0.165. The van der Waals surface area contributed by atoms with Gasteiger partial charge in [0.2, 0.25) is 0 Å². The Hall–Kier alpha value is -4.64. The fourth-order valence-electron chi connectivity index (χ4n) is 4.53. The number of carboxylic acids is 2. The minimum atomic E-state index is -2.27. The zero-order valence-corrected chi connectivity index (χ0v) is 24.2. The molecule has 2 aromatic carbocycles. The number of aliphatic carboxylic acids is 2. The van der Waals surface area contributed by atoms with Crippen LogP contribution in [0.25, 0.3) is 11.0 Å². The van der Waals surface area contributed by atoms with E-state index >= 15 is 0 Å². The molecule has 1 aliphatic heterocycles. The average molecular weight is 621 g/mol. The Morgan fingerprint density at radius 3 is 2.39 bits per heavy atom. The highest BCUT2D eigenvalue weighted by atomic mass is 16.5. The minimum Gasteiger partial charge on any atom is -0.508 e. The van der Waals surface area contributed by atoms with Crippen LogP contribution in [0.4, 0.5) is 5.69 Å². The summed E-state index contributed by atoms with van der Waals surface area (Å²) in [6.45, 7) is 4.65. The molecule has 1 aliphatic rings. The monoisotopic (exact) mass is 620 g/mol. The number of phenolic OH excluding ortho intramolecular Hbond substituents is 1. The number of hydrogen-bond donors (Lipinski definition) is 9. The van der Waals surface area contributed by atoms with E-state index in [1.807, 2.05) is 32.0 Å². The van der Waals surface area contributed by atoms with Gasteiger partial charge in [-0.25, -0.2) is 14.4 Å². The number of aromatic nitrogens is 2. The number of fused-ring (bicyclic) bond motifs is 2. The number of methoxy groups -OCH3 is 1. The van der Waals surface area contributed by atoms with Crippen molar-refractivity contribution >= 4 is 34.6 Å². The Bertz CT molecular complexity index is 1550. The molecule has 3 atom stereocenters. The van der Waals surface area contributed by atoms with Gasteiger partial charge in [-0.05, 0) is 44.9 Å². The number of benzene rings is 2. The van der Waals surface area contributed by atoms with Gasteiger partial charge in [0.15, 0.2) is 18.8 Å². The van der Waals surface area contributed by atoms with Gasteiger partial charge < -0.3 is 55.7 Å². The summed E-state index contributed by atoms with van der Waals surface area (Å²) in [7, 11) is 1.57. The maximum absolute atomic E-state index is 12.4. The first-order valence-corrected chi connectivity index (χ1v) is 13.4. The minimum absolute atomic E-state index is 0.0707. The summed E-state index contributed by atoms with van der Waals surface area (Å²) in [4.78, 5) is 46.4. The molecule has 16 nitrogen and oxygen atoms in total. The number of nitrogens with zero attached hydrogens (tertiary/aromatic N) is 1. The van der Waals surface area contributed by atoms with E-state index in [2.05, 4.69) is 15.6 Å². The summed E-state index contributed by atoms with van der Waals surface area (Å²) in [5, 5.41) is 59.3. The summed E-state index contributed by atoms with van der Waals surface area (Å²) in [6.07, 6.45) is -4.02. The molecule has 0 radical (unpaired) electrons. The lowest BCUT2D eigenvalue weighted by Gasteiger charge is -2.29. The molecule has 0 bridgehead atoms. The zero-order valence-electron chi connectivity index (χ0n) is 24.2. The van der Waals surface area contributed by atoms with Gasteiger partial charge in [0, 0.05) is 30.3 Å². The molecule has 0 saturated carbocycles. The predicted molar refractivity (Wildman–Crippen MR) is 155 cm³/mol. The summed E-state index contributed by atoms with van der Waals surface area (Å²) >= 11 is 0. The highest BCUT2D eigenvalue weighted by Crippen LogP contribution is 2.38. The van der Waals surface area contributed by atoms with Crippen LogP contribution in [0.1, 0.15) is 38.4 Å². The number of aliphatic hydroxyl groups is 3. The first-order valence-electron chi connectivity index (χ1n) is 13.4. The maximum Gasteiger partial charge on any atom is 0.335 e. The van der Waals surface area contributed by atoms with E-state index in [0.717, 1.165) is 18.4 Å². The number of nitrogens with one attached hydrogen (secondary N) is 3. The number of rotatable bonds is 12. The van der Waals surface area contributed by atoms with Crippen molar-refractivity contribution in [1.82, 2.24) is 14.9 Å². The largest absolute Gasteiger partial charge is 0.508 e. The topological polar surface area (TPSA) is 253 Å². The highest BCUT2D eigenvalue weighted by molar-refractivity contribution is 5.96. The molecule has 2 heterocycles. The molecule has 2 unspecified atom stereocenters. The third kappa shape index (κ3) is 8.25. The number of hydrogen-bond acceptors (Lipinski definition) is 11. The molecule has 3 aromatic rings. The molecule has 16 heteroatoms. The fraction of sp³-hybridized carbons (Fsp3) is 0.429. The number of imidazole rings is 1. The quantitative estimate of drug-likeness (QED) is 0.131. The van der Waals surface area contributed by atoms with Crippen LogP contribution in [-0.2, 0) is 20.9 Å². The third-order valence-corrected chi connectivity index (χ3v) is 6.84. The number of carbonyl (C=O) groups excluding carboxylic acids is 1. The summed E-state index contributed by atoms with van der Waals surface area (Å²) < 4.78 is 12.5. The first kappa shape index (κ1) is 33.9. The lowest BCUT2D eigenvalue weighted by atomic mass is 9.97. The third-order valence-electron chi connectivity index (χ3n) is 6.84. The van der Waals surface area contributed by atoms with Crippen LogP contribution in [0.2, 0.25) is 0 Å². The Labute approximate surface area is 250 Å². The number of carbonyl (C=O) groups is 3. The normalized spacial score (nSPS) is 14.7. The lowest BCUT2D eigenvalue weighted by Crippen LogP contribution is -2.42. The van der Waals surface area contributed by atoms with E-state index < -0.39 is 30.3 Å².